The summed E-state index contributed by atoms with van der Waals surface area (Å²) in [5, 5.41) is 14.3. The third kappa shape index (κ3) is 5.89. The molecule has 1 amide bonds. The molecule has 9 nitrogen and oxygen atoms in total. The fraction of sp³-hybridized carbons (Fsp3) is 0.281. The molecule has 0 radical (unpaired) electrons. The summed E-state index contributed by atoms with van der Waals surface area (Å²) < 4.78 is 7.80. The van der Waals surface area contributed by atoms with Gasteiger partial charge in [0.15, 0.2) is 0 Å². The zero-order chi connectivity index (χ0) is 28.8. The number of aromatic amines is 1. The molecule has 0 aliphatic heterocycles. The minimum atomic E-state index is -0.208. The number of nitrogens with one attached hydrogen (secondary N) is 2. The van der Waals surface area contributed by atoms with E-state index >= 15 is 0 Å². The van der Waals surface area contributed by atoms with Gasteiger partial charge in [-0.1, -0.05) is 37.5 Å². The average molecular weight is 555 g/mol. The van der Waals surface area contributed by atoms with Crippen LogP contribution in [-0.2, 0) is 16.0 Å². The van der Waals surface area contributed by atoms with E-state index in [1.54, 1.807) is 22.9 Å². The molecule has 0 spiro atoms. The number of carbonyl (C=O) groups excluding carboxylic acids is 2. The van der Waals surface area contributed by atoms with Crippen molar-refractivity contribution in [3.8, 4) is 11.4 Å². The maximum atomic E-state index is 13.7. The van der Waals surface area contributed by atoms with E-state index in [2.05, 4.69) is 19.7 Å². The third-order valence-electron chi connectivity index (χ3n) is 7.59. The van der Waals surface area contributed by atoms with Crippen molar-refractivity contribution in [3.05, 3.63) is 94.4 Å². The molecule has 0 bridgehead atoms. The van der Waals surface area contributed by atoms with Gasteiger partial charge < -0.3 is 20.1 Å². The Bertz CT molecular complexity index is 1710. The Kier molecular flexibility index (Phi) is 8.53. The average Bonchev–Trinajstić information content (AvgIpc) is 3.55. The Morgan fingerprint density at radius 3 is 2.54 bits per heavy atom. The number of methoxy groups -OCH3 is 1. The van der Waals surface area contributed by atoms with Gasteiger partial charge in [0, 0.05) is 29.2 Å². The summed E-state index contributed by atoms with van der Waals surface area (Å²) in [6.07, 6.45) is 8.16. The molecule has 41 heavy (non-hydrogen) atoms. The summed E-state index contributed by atoms with van der Waals surface area (Å²) in [6, 6.07) is 20.7. The fourth-order valence-electron chi connectivity index (χ4n) is 5.65. The second-order valence-corrected chi connectivity index (χ2v) is 10.2. The normalized spacial score (nSPS) is 13.5. The maximum Gasteiger partial charge on any atom is 0.292 e. The molecule has 1 fully saturated rings. The molecule has 1 aliphatic carbocycles. The molecule has 0 saturated heterocycles. The van der Waals surface area contributed by atoms with Crippen molar-refractivity contribution in [2.75, 3.05) is 13.7 Å². The summed E-state index contributed by atoms with van der Waals surface area (Å²) in [5.74, 6) is 0.00711. The number of phenolic OH excluding ortho intramolecular Hbond substituents is 1. The molecule has 1 aliphatic rings. The van der Waals surface area contributed by atoms with Crippen LogP contribution in [0.3, 0.4) is 0 Å². The minimum Gasteiger partial charge on any atom is -0.508 e. The van der Waals surface area contributed by atoms with E-state index in [0.717, 1.165) is 53.4 Å². The predicted molar refractivity (Wildman–Crippen MR) is 159 cm³/mol. The van der Waals surface area contributed by atoms with E-state index in [1.165, 1.54) is 13.5 Å². The number of aromatic nitrogens is 3. The van der Waals surface area contributed by atoms with E-state index in [4.69, 9.17) is 4.79 Å². The molecule has 2 heterocycles. The summed E-state index contributed by atoms with van der Waals surface area (Å²) in [7, 11) is 1.31. The van der Waals surface area contributed by atoms with E-state index in [9.17, 15) is 14.7 Å². The van der Waals surface area contributed by atoms with Gasteiger partial charge in [-0.15, -0.1) is 0 Å². The molecule has 0 atom stereocenters. The molecule has 2 aromatic heterocycles. The van der Waals surface area contributed by atoms with Crippen LogP contribution >= 0.6 is 0 Å². The van der Waals surface area contributed by atoms with Gasteiger partial charge in [-0.05, 0) is 73.4 Å². The first-order chi connectivity index (χ1) is 20.0. The van der Waals surface area contributed by atoms with Gasteiger partial charge >= 0.3 is 0 Å². The Morgan fingerprint density at radius 2 is 1.80 bits per heavy atom. The van der Waals surface area contributed by atoms with Crippen LogP contribution in [0, 0.1) is 0 Å². The number of para-hydroxylation sites is 1. The van der Waals surface area contributed by atoms with Crippen molar-refractivity contribution in [1.29, 1.82) is 0 Å². The number of H-pyrrole nitrogens is 1. The second kappa shape index (κ2) is 12.6. The highest BCUT2D eigenvalue weighted by molar-refractivity contribution is 5.98. The largest absolute Gasteiger partial charge is 0.508 e. The number of ether oxygens (including phenoxy) is 1. The van der Waals surface area contributed by atoms with E-state index < -0.39 is 0 Å². The number of phenols is 1. The molecule has 3 aromatic carbocycles. The minimum absolute atomic E-state index is 0.0972. The van der Waals surface area contributed by atoms with Crippen LogP contribution in [0.2, 0.25) is 0 Å². The fourth-order valence-corrected chi connectivity index (χ4v) is 5.65. The van der Waals surface area contributed by atoms with Crippen LogP contribution < -0.4 is 10.9 Å². The highest BCUT2D eigenvalue weighted by Gasteiger charge is 2.24. The van der Waals surface area contributed by atoms with Gasteiger partial charge in [-0.2, -0.15) is 0 Å². The van der Waals surface area contributed by atoms with E-state index in [-0.39, 0.29) is 23.3 Å². The van der Waals surface area contributed by atoms with Crippen molar-refractivity contribution in [2.24, 2.45) is 0 Å². The second-order valence-electron chi connectivity index (χ2n) is 10.2. The summed E-state index contributed by atoms with van der Waals surface area (Å²) in [6.45, 7) is 0.816. The predicted octanol–water partition coefficient (Wildman–Crippen LogP) is 5.25. The summed E-state index contributed by atoms with van der Waals surface area (Å²) in [4.78, 5) is 38.9. The molecule has 1 saturated carbocycles. The number of amides is 1. The van der Waals surface area contributed by atoms with Gasteiger partial charge in [0.1, 0.15) is 5.75 Å². The van der Waals surface area contributed by atoms with Crippen molar-refractivity contribution < 1.29 is 19.4 Å². The zero-order valence-electron chi connectivity index (χ0n) is 23.0. The third-order valence-corrected chi connectivity index (χ3v) is 7.59. The molecule has 3 N–H and O–H groups in total. The van der Waals surface area contributed by atoms with Gasteiger partial charge in [-0.3, -0.25) is 19.1 Å². The first-order valence-electron chi connectivity index (χ1n) is 13.9. The number of carbonyl (C=O) groups is 2. The lowest BCUT2D eigenvalue weighted by molar-refractivity contribution is -0.126. The molecular weight excluding hydrogens is 520 g/mol. The highest BCUT2D eigenvalue weighted by atomic mass is 16.5. The van der Waals surface area contributed by atoms with Crippen molar-refractivity contribution >= 4 is 34.2 Å². The number of hydrogen-bond donors (Lipinski definition) is 3. The van der Waals surface area contributed by atoms with Crippen molar-refractivity contribution in [3.63, 3.8) is 0 Å². The SMILES string of the molecule is COC=O.O=C(NCCc1c[nH]c2ccc(O)cc12)c1ccc2c(c1)c(=O)n(-c1ccccc1)n2C1CCCCC1. The molecule has 0 unspecified atom stereocenters. The van der Waals surface area contributed by atoms with Gasteiger partial charge in [0.25, 0.3) is 17.9 Å². The Morgan fingerprint density at radius 1 is 1.05 bits per heavy atom. The van der Waals surface area contributed by atoms with Gasteiger partial charge in [0.2, 0.25) is 0 Å². The van der Waals surface area contributed by atoms with Crippen LogP contribution in [0.15, 0.2) is 77.7 Å². The molecule has 5 aromatic rings. The van der Waals surface area contributed by atoms with Crippen LogP contribution in [0.5, 0.6) is 5.75 Å². The standard InChI is InChI=1S/C30H30N4O3.C2H4O2/c35-24-12-13-27-25(18-24)21(19-32-27)15-16-31-29(36)20-11-14-28-26(17-20)30(37)34(23-9-5-2-6-10-23)33(28)22-7-3-1-4-8-22;1-4-2-3/h2,5-6,9-14,17-19,22,32,35H,1,3-4,7-8,15-16H2,(H,31,36);2H,1H3. The molecular formula is C32H34N4O5. The van der Waals surface area contributed by atoms with Gasteiger partial charge in [0.05, 0.1) is 29.7 Å². The lowest BCUT2D eigenvalue weighted by Gasteiger charge is -2.26. The topological polar surface area (TPSA) is 118 Å². The first kappa shape index (κ1) is 27.8. The molecule has 9 heteroatoms. The monoisotopic (exact) mass is 554 g/mol. The lowest BCUT2D eigenvalue weighted by atomic mass is 9.95. The molecule has 6 rings (SSSR count). The Labute approximate surface area is 237 Å². The number of rotatable bonds is 7. The van der Waals surface area contributed by atoms with E-state index in [1.807, 2.05) is 54.7 Å². The van der Waals surface area contributed by atoms with Crippen LogP contribution in [0.4, 0.5) is 0 Å². The first-order valence-corrected chi connectivity index (χ1v) is 13.9. The van der Waals surface area contributed by atoms with Crippen LogP contribution in [0.1, 0.15) is 54.1 Å². The highest BCUT2D eigenvalue weighted by Crippen LogP contribution is 2.32. The Balaban J connectivity index is 0.000000794. The summed E-state index contributed by atoms with van der Waals surface area (Å²) in [5.41, 5.74) is 4.06. The van der Waals surface area contributed by atoms with E-state index in [0.29, 0.717) is 30.4 Å². The number of nitrogens with zero attached hydrogens (tertiary/aromatic N) is 2. The lowest BCUT2D eigenvalue weighted by Crippen LogP contribution is -2.26. The van der Waals surface area contributed by atoms with Crippen LogP contribution in [0.25, 0.3) is 27.5 Å². The molecule has 212 valence electrons. The maximum absolute atomic E-state index is 13.7. The number of fused-ring (bicyclic) bond motifs is 2. The van der Waals surface area contributed by atoms with Gasteiger partial charge in [-0.25, -0.2) is 4.68 Å². The smallest absolute Gasteiger partial charge is 0.292 e. The quantitative estimate of drug-likeness (QED) is 0.238. The van der Waals surface area contributed by atoms with Crippen molar-refractivity contribution in [1.82, 2.24) is 19.7 Å². The summed E-state index contributed by atoms with van der Waals surface area (Å²) >= 11 is 0. The van der Waals surface area contributed by atoms with Crippen LogP contribution in [-0.4, -0.2) is 45.5 Å². The zero-order valence-corrected chi connectivity index (χ0v) is 23.0. The number of hydrogen-bond acceptors (Lipinski definition) is 5. The number of benzene rings is 3. The number of aromatic hydroxyl groups is 1. The van der Waals surface area contributed by atoms with Crippen molar-refractivity contribution in [2.45, 2.75) is 44.6 Å². The Hall–Kier alpha value is -4.79.